The second-order valence-corrected chi connectivity index (χ2v) is 5.01. The first kappa shape index (κ1) is 9.88. The molecule has 18 heavy (non-hydrogen) atoms. The first-order valence-electron chi connectivity index (χ1n) is 6.28. The summed E-state index contributed by atoms with van der Waals surface area (Å²) in [6.07, 6.45) is 6.46. The minimum atomic E-state index is 0.661. The van der Waals surface area contributed by atoms with Gasteiger partial charge in [-0.2, -0.15) is 5.10 Å². The number of rotatable bonds is 2. The standard InChI is InChI=1S/C14H14N4/c1-18-7-6-10-4-5-12(16-14(10)18)11-8-15-17-13(11)9-2-3-9/h4-9H,2-3H2,1H3,(H,15,17). The predicted octanol–water partition coefficient (Wildman–Crippen LogP) is 2.84. The van der Waals surface area contributed by atoms with Crippen molar-refractivity contribution in [1.82, 2.24) is 19.7 Å². The number of aryl methyl sites for hydroxylation is 1. The highest BCUT2D eigenvalue weighted by Gasteiger charge is 2.28. The molecule has 0 radical (unpaired) electrons. The van der Waals surface area contributed by atoms with Crippen LogP contribution in [0.25, 0.3) is 22.3 Å². The third kappa shape index (κ3) is 1.38. The van der Waals surface area contributed by atoms with Crippen molar-refractivity contribution in [2.45, 2.75) is 18.8 Å². The van der Waals surface area contributed by atoms with Gasteiger partial charge in [0.05, 0.1) is 11.9 Å². The van der Waals surface area contributed by atoms with E-state index in [1.165, 1.54) is 23.9 Å². The number of fused-ring (bicyclic) bond motifs is 1. The maximum Gasteiger partial charge on any atom is 0.140 e. The van der Waals surface area contributed by atoms with Gasteiger partial charge in [0, 0.05) is 35.8 Å². The summed E-state index contributed by atoms with van der Waals surface area (Å²) in [4.78, 5) is 4.75. The van der Waals surface area contributed by atoms with E-state index in [9.17, 15) is 0 Å². The average molecular weight is 238 g/mol. The van der Waals surface area contributed by atoms with E-state index in [1.54, 1.807) is 0 Å². The van der Waals surface area contributed by atoms with Crippen molar-refractivity contribution < 1.29 is 0 Å². The van der Waals surface area contributed by atoms with E-state index in [4.69, 9.17) is 4.98 Å². The molecule has 4 nitrogen and oxygen atoms in total. The largest absolute Gasteiger partial charge is 0.336 e. The molecule has 4 rings (SSSR count). The fourth-order valence-electron chi connectivity index (χ4n) is 2.47. The van der Waals surface area contributed by atoms with Crippen molar-refractivity contribution in [3.63, 3.8) is 0 Å². The number of nitrogens with zero attached hydrogens (tertiary/aromatic N) is 3. The van der Waals surface area contributed by atoms with Crippen molar-refractivity contribution in [2.24, 2.45) is 7.05 Å². The van der Waals surface area contributed by atoms with Crippen LogP contribution >= 0.6 is 0 Å². The summed E-state index contributed by atoms with van der Waals surface area (Å²) in [5.74, 6) is 0.661. The predicted molar refractivity (Wildman–Crippen MR) is 70.3 cm³/mol. The molecular weight excluding hydrogens is 224 g/mol. The molecule has 0 spiro atoms. The first-order valence-corrected chi connectivity index (χ1v) is 6.28. The van der Waals surface area contributed by atoms with Crippen LogP contribution in [-0.2, 0) is 7.05 Å². The van der Waals surface area contributed by atoms with E-state index in [1.807, 2.05) is 19.4 Å². The Kier molecular flexibility index (Phi) is 1.89. The van der Waals surface area contributed by atoms with Crippen molar-refractivity contribution in [3.8, 4) is 11.3 Å². The molecule has 0 unspecified atom stereocenters. The zero-order chi connectivity index (χ0) is 12.1. The van der Waals surface area contributed by atoms with Crippen LogP contribution in [0, 0.1) is 0 Å². The molecule has 1 fully saturated rings. The van der Waals surface area contributed by atoms with Crippen LogP contribution in [0.3, 0.4) is 0 Å². The summed E-state index contributed by atoms with van der Waals surface area (Å²) in [6, 6.07) is 6.30. The lowest BCUT2D eigenvalue weighted by atomic mass is 10.1. The molecular formula is C14H14N4. The summed E-state index contributed by atoms with van der Waals surface area (Å²) in [7, 11) is 2.02. The van der Waals surface area contributed by atoms with Crippen LogP contribution in [0.5, 0.6) is 0 Å². The van der Waals surface area contributed by atoms with E-state index in [0.717, 1.165) is 16.9 Å². The number of hydrogen-bond donors (Lipinski definition) is 1. The monoisotopic (exact) mass is 238 g/mol. The highest BCUT2D eigenvalue weighted by atomic mass is 15.1. The van der Waals surface area contributed by atoms with Crippen LogP contribution < -0.4 is 0 Å². The molecule has 1 aliphatic rings. The second kappa shape index (κ2) is 3.45. The Morgan fingerprint density at radius 2 is 2.17 bits per heavy atom. The van der Waals surface area contributed by atoms with Crippen molar-refractivity contribution in [2.75, 3.05) is 0 Å². The Balaban J connectivity index is 1.90. The van der Waals surface area contributed by atoms with Gasteiger partial charge < -0.3 is 4.57 Å². The van der Waals surface area contributed by atoms with Crippen molar-refractivity contribution in [1.29, 1.82) is 0 Å². The van der Waals surface area contributed by atoms with Crippen LogP contribution in [0.4, 0.5) is 0 Å². The van der Waals surface area contributed by atoms with Gasteiger partial charge in [0.15, 0.2) is 0 Å². The average Bonchev–Trinajstić information content (AvgIpc) is 3.01. The van der Waals surface area contributed by atoms with Gasteiger partial charge in [-0.1, -0.05) is 0 Å². The highest BCUT2D eigenvalue weighted by Crippen LogP contribution is 2.42. The Bertz CT molecular complexity index is 718. The maximum atomic E-state index is 4.75. The summed E-state index contributed by atoms with van der Waals surface area (Å²) in [5.41, 5.74) is 4.44. The SMILES string of the molecule is Cn1ccc2ccc(-c3cn[nH]c3C3CC3)nc21. The lowest BCUT2D eigenvalue weighted by molar-refractivity contribution is 0.947. The number of pyridine rings is 1. The van der Waals surface area contributed by atoms with E-state index in [0.29, 0.717) is 5.92 Å². The molecule has 0 aromatic carbocycles. The molecule has 1 N–H and O–H groups in total. The quantitative estimate of drug-likeness (QED) is 0.746. The number of nitrogens with one attached hydrogen (secondary N) is 1. The number of aromatic amines is 1. The first-order chi connectivity index (χ1) is 8.83. The van der Waals surface area contributed by atoms with Crippen LogP contribution in [-0.4, -0.2) is 19.7 Å². The summed E-state index contributed by atoms with van der Waals surface area (Å²) < 4.78 is 2.05. The molecule has 0 amide bonds. The van der Waals surface area contributed by atoms with Crippen LogP contribution in [0.2, 0.25) is 0 Å². The summed E-state index contributed by atoms with van der Waals surface area (Å²) in [5, 5.41) is 8.48. The van der Waals surface area contributed by atoms with Gasteiger partial charge in [-0.05, 0) is 31.0 Å². The van der Waals surface area contributed by atoms with E-state index < -0.39 is 0 Å². The van der Waals surface area contributed by atoms with Crippen LogP contribution in [0.15, 0.2) is 30.6 Å². The van der Waals surface area contributed by atoms with E-state index in [-0.39, 0.29) is 0 Å². The smallest absolute Gasteiger partial charge is 0.140 e. The molecule has 3 aromatic rings. The number of H-pyrrole nitrogens is 1. The third-order valence-electron chi connectivity index (χ3n) is 3.65. The Hall–Kier alpha value is -2.10. The lowest BCUT2D eigenvalue weighted by Gasteiger charge is -2.02. The molecule has 1 aliphatic carbocycles. The van der Waals surface area contributed by atoms with Gasteiger partial charge in [-0.15, -0.1) is 0 Å². The molecule has 0 saturated heterocycles. The molecule has 0 aliphatic heterocycles. The summed E-state index contributed by atoms with van der Waals surface area (Å²) in [6.45, 7) is 0. The molecule has 0 bridgehead atoms. The molecule has 90 valence electrons. The topological polar surface area (TPSA) is 46.5 Å². The Labute approximate surface area is 105 Å². The third-order valence-corrected chi connectivity index (χ3v) is 3.65. The van der Waals surface area contributed by atoms with Gasteiger partial charge >= 0.3 is 0 Å². The molecule has 1 saturated carbocycles. The molecule has 3 heterocycles. The van der Waals surface area contributed by atoms with Crippen LogP contribution in [0.1, 0.15) is 24.5 Å². The van der Waals surface area contributed by atoms with E-state index in [2.05, 4.69) is 33.0 Å². The lowest BCUT2D eigenvalue weighted by Crippen LogP contribution is -1.91. The minimum absolute atomic E-state index is 0.661. The van der Waals surface area contributed by atoms with Gasteiger partial charge in [-0.3, -0.25) is 5.10 Å². The van der Waals surface area contributed by atoms with Crippen molar-refractivity contribution in [3.05, 3.63) is 36.3 Å². The molecule has 4 heteroatoms. The number of aromatic nitrogens is 4. The van der Waals surface area contributed by atoms with Crippen molar-refractivity contribution >= 4 is 11.0 Å². The van der Waals surface area contributed by atoms with Gasteiger partial charge in [-0.25, -0.2) is 4.98 Å². The van der Waals surface area contributed by atoms with E-state index >= 15 is 0 Å². The zero-order valence-corrected chi connectivity index (χ0v) is 10.2. The zero-order valence-electron chi connectivity index (χ0n) is 10.2. The Morgan fingerprint density at radius 3 is 3.00 bits per heavy atom. The van der Waals surface area contributed by atoms with Gasteiger partial charge in [0.2, 0.25) is 0 Å². The fraction of sp³-hybridized carbons (Fsp3) is 0.286. The number of hydrogen-bond acceptors (Lipinski definition) is 2. The highest BCUT2D eigenvalue weighted by molar-refractivity contribution is 5.79. The minimum Gasteiger partial charge on any atom is -0.336 e. The normalized spacial score (nSPS) is 15.4. The Morgan fingerprint density at radius 1 is 1.28 bits per heavy atom. The molecule has 0 atom stereocenters. The maximum absolute atomic E-state index is 4.75. The second-order valence-electron chi connectivity index (χ2n) is 5.01. The van der Waals surface area contributed by atoms with Gasteiger partial charge in [0.1, 0.15) is 5.65 Å². The molecule has 3 aromatic heterocycles. The van der Waals surface area contributed by atoms with Gasteiger partial charge in [0.25, 0.3) is 0 Å². The summed E-state index contributed by atoms with van der Waals surface area (Å²) >= 11 is 0. The fourth-order valence-corrected chi connectivity index (χ4v) is 2.47.